The Kier molecular flexibility index (Phi) is 6.86. The van der Waals surface area contributed by atoms with Crippen molar-refractivity contribution in [3.8, 4) is 0 Å². The molecule has 1 heterocycles. The lowest BCUT2D eigenvalue weighted by molar-refractivity contribution is -0.137. The van der Waals surface area contributed by atoms with Crippen LogP contribution in [-0.4, -0.2) is 9.97 Å². The summed E-state index contributed by atoms with van der Waals surface area (Å²) in [5, 5.41) is 6.00. The molecule has 1 unspecified atom stereocenters. The highest BCUT2D eigenvalue weighted by Crippen LogP contribution is 2.40. The van der Waals surface area contributed by atoms with Crippen LogP contribution >= 0.6 is 0 Å². The van der Waals surface area contributed by atoms with Gasteiger partial charge in [-0.3, -0.25) is 0 Å². The summed E-state index contributed by atoms with van der Waals surface area (Å²) in [6, 6.07) is 15.4. The Balaban J connectivity index is 1.63. The molecule has 0 saturated heterocycles. The highest BCUT2D eigenvalue weighted by Gasteiger charge is 2.35. The van der Waals surface area contributed by atoms with Crippen molar-refractivity contribution in [2.24, 2.45) is 0 Å². The first-order valence-electron chi connectivity index (χ1n) is 11.5. The summed E-state index contributed by atoms with van der Waals surface area (Å²) < 4.78 is 41.2. The van der Waals surface area contributed by atoms with Gasteiger partial charge in [0.05, 0.1) is 0 Å². The number of nitrogens with one attached hydrogen (secondary N) is 2. The van der Waals surface area contributed by atoms with Gasteiger partial charge in [-0.15, -0.1) is 0 Å². The first kappa shape index (κ1) is 23.1. The lowest BCUT2D eigenvalue weighted by Crippen LogP contribution is -2.13. The van der Waals surface area contributed by atoms with Gasteiger partial charge >= 0.3 is 6.18 Å². The first-order chi connectivity index (χ1) is 15.8. The molecule has 0 bridgehead atoms. The zero-order chi connectivity index (χ0) is 23.4. The molecule has 2 aromatic carbocycles. The second kappa shape index (κ2) is 9.81. The molecule has 1 atom stereocenters. The second-order valence-electron chi connectivity index (χ2n) is 8.70. The molecule has 2 N–H and O–H groups in total. The third-order valence-electron chi connectivity index (χ3n) is 6.45. The lowest BCUT2D eigenvalue weighted by Gasteiger charge is -2.19. The van der Waals surface area contributed by atoms with Crippen molar-refractivity contribution in [2.45, 2.75) is 64.0 Å². The van der Waals surface area contributed by atoms with E-state index in [1.807, 2.05) is 48.5 Å². The summed E-state index contributed by atoms with van der Waals surface area (Å²) in [6.45, 7) is 4.29. The van der Waals surface area contributed by atoms with Gasteiger partial charge in [0.25, 0.3) is 0 Å². The van der Waals surface area contributed by atoms with Crippen LogP contribution in [-0.2, 0) is 6.18 Å². The Hall–Kier alpha value is -3.09. The number of hydrogen-bond acceptors (Lipinski definition) is 4. The molecule has 1 fully saturated rings. The van der Waals surface area contributed by atoms with E-state index >= 15 is 0 Å². The molecule has 1 aromatic heterocycles. The number of alkyl halides is 3. The number of benzene rings is 2. The zero-order valence-corrected chi connectivity index (χ0v) is 18.9. The Bertz CT molecular complexity index is 1070. The van der Waals surface area contributed by atoms with Gasteiger partial charge in [-0.1, -0.05) is 57.0 Å². The minimum Gasteiger partial charge on any atom is -0.339 e. The maximum absolute atomic E-state index is 13.7. The van der Waals surface area contributed by atoms with E-state index in [1.165, 1.54) is 5.56 Å². The number of nitrogens with zero attached hydrogens (tertiary/aromatic N) is 2. The lowest BCUT2D eigenvalue weighted by atomic mass is 9.96. The molecule has 1 aliphatic rings. The monoisotopic (exact) mass is 454 g/mol. The van der Waals surface area contributed by atoms with Gasteiger partial charge in [0, 0.05) is 17.6 Å². The summed E-state index contributed by atoms with van der Waals surface area (Å²) >= 11 is 0. The van der Waals surface area contributed by atoms with Crippen LogP contribution in [0.25, 0.3) is 0 Å². The number of halogens is 3. The molecule has 174 valence electrons. The standard InChI is InChI=1S/C26H29F3N4/c1-3-17(2)18-12-14-20(15-13-18)31-25-30-16-22(26(27,28)29)24(33-25)32-23-11-7-6-10-21(23)19-8-4-5-9-19/h6-7,10-17,19H,3-5,8-9H2,1-2H3,(H2,30,31,32,33). The van der Waals surface area contributed by atoms with Crippen molar-refractivity contribution >= 4 is 23.1 Å². The van der Waals surface area contributed by atoms with Crippen LogP contribution in [0.15, 0.2) is 54.7 Å². The Labute approximate surface area is 192 Å². The molecule has 0 aliphatic heterocycles. The Morgan fingerprint density at radius 2 is 1.70 bits per heavy atom. The van der Waals surface area contributed by atoms with Crippen molar-refractivity contribution in [2.75, 3.05) is 10.6 Å². The molecule has 1 saturated carbocycles. The fourth-order valence-corrected chi connectivity index (χ4v) is 4.34. The van der Waals surface area contributed by atoms with E-state index in [2.05, 4.69) is 34.4 Å². The molecule has 33 heavy (non-hydrogen) atoms. The van der Waals surface area contributed by atoms with E-state index in [9.17, 15) is 13.2 Å². The van der Waals surface area contributed by atoms with E-state index in [4.69, 9.17) is 0 Å². The van der Waals surface area contributed by atoms with Crippen molar-refractivity contribution in [1.82, 2.24) is 9.97 Å². The van der Waals surface area contributed by atoms with Crippen molar-refractivity contribution in [3.05, 3.63) is 71.4 Å². The molecular weight excluding hydrogens is 425 g/mol. The third kappa shape index (κ3) is 5.46. The highest BCUT2D eigenvalue weighted by molar-refractivity contribution is 5.66. The van der Waals surface area contributed by atoms with Crippen LogP contribution in [0.2, 0.25) is 0 Å². The van der Waals surface area contributed by atoms with Gasteiger partial charge < -0.3 is 10.6 Å². The number of anilines is 4. The summed E-state index contributed by atoms with van der Waals surface area (Å²) in [4.78, 5) is 8.15. The minimum atomic E-state index is -4.57. The maximum atomic E-state index is 13.7. The minimum absolute atomic E-state index is 0.111. The van der Waals surface area contributed by atoms with Crippen molar-refractivity contribution in [3.63, 3.8) is 0 Å². The highest BCUT2D eigenvalue weighted by atomic mass is 19.4. The zero-order valence-electron chi connectivity index (χ0n) is 18.9. The average Bonchev–Trinajstić information content (AvgIpc) is 3.34. The first-order valence-corrected chi connectivity index (χ1v) is 11.5. The summed E-state index contributed by atoms with van der Waals surface area (Å²) in [6.07, 6.45) is 1.69. The maximum Gasteiger partial charge on any atom is 0.421 e. The van der Waals surface area contributed by atoms with E-state index in [-0.39, 0.29) is 11.8 Å². The summed E-state index contributed by atoms with van der Waals surface area (Å²) in [5.74, 6) is 0.658. The second-order valence-corrected chi connectivity index (χ2v) is 8.70. The predicted molar refractivity (Wildman–Crippen MR) is 126 cm³/mol. The predicted octanol–water partition coefficient (Wildman–Crippen LogP) is 8.15. The van der Waals surface area contributed by atoms with Crippen LogP contribution < -0.4 is 10.6 Å². The van der Waals surface area contributed by atoms with E-state index < -0.39 is 11.7 Å². The van der Waals surface area contributed by atoms with Gasteiger partial charge in [0.2, 0.25) is 5.95 Å². The van der Waals surface area contributed by atoms with Gasteiger partial charge in [-0.05, 0) is 60.4 Å². The van der Waals surface area contributed by atoms with Crippen LogP contribution in [0, 0.1) is 0 Å². The Morgan fingerprint density at radius 1 is 1.00 bits per heavy atom. The number of hydrogen-bond donors (Lipinski definition) is 2. The SMILES string of the molecule is CCC(C)c1ccc(Nc2ncc(C(F)(F)F)c(Nc3ccccc3C3CCCC3)n2)cc1. The van der Waals surface area contributed by atoms with Crippen LogP contribution in [0.4, 0.5) is 36.3 Å². The normalized spacial score (nSPS) is 15.4. The van der Waals surface area contributed by atoms with E-state index in [1.54, 1.807) is 0 Å². The van der Waals surface area contributed by atoms with Gasteiger partial charge in [-0.25, -0.2) is 4.98 Å². The number of rotatable bonds is 7. The fourth-order valence-electron chi connectivity index (χ4n) is 4.34. The van der Waals surface area contributed by atoms with Gasteiger partial charge in [0.1, 0.15) is 11.4 Å². The number of aromatic nitrogens is 2. The molecule has 4 rings (SSSR count). The largest absolute Gasteiger partial charge is 0.421 e. The van der Waals surface area contributed by atoms with Gasteiger partial charge in [0.15, 0.2) is 0 Å². The van der Waals surface area contributed by atoms with Crippen LogP contribution in [0.5, 0.6) is 0 Å². The van der Waals surface area contributed by atoms with Crippen molar-refractivity contribution in [1.29, 1.82) is 0 Å². The van der Waals surface area contributed by atoms with E-state index in [0.29, 0.717) is 17.5 Å². The molecule has 1 aliphatic carbocycles. The summed E-state index contributed by atoms with van der Waals surface area (Å²) in [7, 11) is 0. The molecule has 4 nitrogen and oxygen atoms in total. The topological polar surface area (TPSA) is 49.8 Å². The molecule has 0 spiro atoms. The average molecular weight is 455 g/mol. The quantitative estimate of drug-likeness (QED) is 0.378. The fraction of sp³-hybridized carbons (Fsp3) is 0.385. The smallest absolute Gasteiger partial charge is 0.339 e. The van der Waals surface area contributed by atoms with Gasteiger partial charge in [-0.2, -0.15) is 18.2 Å². The summed E-state index contributed by atoms with van der Waals surface area (Å²) in [5.41, 5.74) is 2.75. The number of para-hydroxylation sites is 1. The molecule has 7 heteroatoms. The Morgan fingerprint density at radius 3 is 2.36 bits per heavy atom. The van der Waals surface area contributed by atoms with Crippen LogP contribution in [0.3, 0.4) is 0 Å². The van der Waals surface area contributed by atoms with Crippen LogP contribution in [0.1, 0.15) is 74.5 Å². The molecule has 0 radical (unpaired) electrons. The third-order valence-corrected chi connectivity index (χ3v) is 6.45. The van der Waals surface area contributed by atoms with Crippen molar-refractivity contribution < 1.29 is 13.2 Å². The van der Waals surface area contributed by atoms with E-state index in [0.717, 1.165) is 49.6 Å². The molecule has 3 aromatic rings. The molecular formula is C26H29F3N4. The molecule has 0 amide bonds.